The molecule has 0 radical (unpaired) electrons. The monoisotopic (exact) mass is 266 g/mol. The number of rotatable bonds is 4. The Bertz CT molecular complexity index is 366. The summed E-state index contributed by atoms with van der Waals surface area (Å²) in [6.45, 7) is 6.99. The molecule has 3 nitrogen and oxygen atoms in total. The molecule has 1 N–H and O–H groups in total. The van der Waals surface area contributed by atoms with Crippen LogP contribution in [0.1, 0.15) is 32.8 Å². The van der Waals surface area contributed by atoms with Crippen LogP contribution in [0.5, 0.6) is 5.88 Å². The number of nitrogens with one attached hydrogen (secondary N) is 1. The summed E-state index contributed by atoms with van der Waals surface area (Å²) in [6.07, 6.45) is 3.18. The van der Waals surface area contributed by atoms with Gasteiger partial charge in [0.15, 0.2) is 0 Å². The summed E-state index contributed by atoms with van der Waals surface area (Å²) in [7, 11) is 0. The molecule has 1 atom stereocenters. The molecule has 0 unspecified atom stereocenters. The van der Waals surface area contributed by atoms with Crippen LogP contribution in [0.15, 0.2) is 18.3 Å². The first-order valence-corrected chi connectivity index (χ1v) is 7.63. The van der Waals surface area contributed by atoms with Gasteiger partial charge in [0.1, 0.15) is 5.60 Å². The maximum absolute atomic E-state index is 5.70. The highest BCUT2D eigenvalue weighted by Crippen LogP contribution is 2.18. The van der Waals surface area contributed by atoms with E-state index < -0.39 is 0 Å². The van der Waals surface area contributed by atoms with Crippen molar-refractivity contribution in [2.45, 2.75) is 45.4 Å². The fourth-order valence-corrected chi connectivity index (χ4v) is 3.03. The van der Waals surface area contributed by atoms with Crippen molar-refractivity contribution in [1.29, 1.82) is 0 Å². The van der Waals surface area contributed by atoms with Gasteiger partial charge in [0.25, 0.3) is 0 Å². The first-order chi connectivity index (χ1) is 8.53. The lowest BCUT2D eigenvalue weighted by atomic mass is 10.2. The molecule has 1 fully saturated rings. The first kappa shape index (κ1) is 13.7. The van der Waals surface area contributed by atoms with Crippen molar-refractivity contribution in [3.63, 3.8) is 0 Å². The van der Waals surface area contributed by atoms with Crippen molar-refractivity contribution in [1.82, 2.24) is 10.3 Å². The van der Waals surface area contributed by atoms with Gasteiger partial charge in [-0.05, 0) is 38.5 Å². The van der Waals surface area contributed by atoms with Crippen molar-refractivity contribution in [3.8, 4) is 5.88 Å². The van der Waals surface area contributed by atoms with Crippen LogP contribution in [0.3, 0.4) is 0 Å². The zero-order valence-electron chi connectivity index (χ0n) is 11.4. The van der Waals surface area contributed by atoms with Gasteiger partial charge < -0.3 is 10.1 Å². The topological polar surface area (TPSA) is 34.1 Å². The normalized spacial score (nSPS) is 20.1. The van der Waals surface area contributed by atoms with E-state index in [0.717, 1.165) is 6.54 Å². The summed E-state index contributed by atoms with van der Waals surface area (Å²) >= 11 is 2.03. The van der Waals surface area contributed by atoms with Crippen LogP contribution in [0.4, 0.5) is 0 Å². The standard InChI is InChI=1S/C14H22N2OS/c1-14(2,3)17-13-5-4-11(9-16-13)8-15-12-6-7-18-10-12/h4-5,9,12,15H,6-8,10H2,1-3H3/t12-/m1/s1. The second-order valence-electron chi connectivity index (χ2n) is 5.66. The van der Waals surface area contributed by atoms with Gasteiger partial charge in [-0.15, -0.1) is 0 Å². The molecule has 18 heavy (non-hydrogen) atoms. The molecule has 1 saturated heterocycles. The Morgan fingerprint density at radius 1 is 1.44 bits per heavy atom. The van der Waals surface area contributed by atoms with Crippen molar-refractivity contribution in [3.05, 3.63) is 23.9 Å². The average Bonchev–Trinajstić information content (AvgIpc) is 2.79. The number of hydrogen-bond acceptors (Lipinski definition) is 4. The van der Waals surface area contributed by atoms with Crippen LogP contribution in [-0.2, 0) is 6.54 Å². The predicted octanol–water partition coefficient (Wildman–Crippen LogP) is 2.85. The zero-order valence-corrected chi connectivity index (χ0v) is 12.2. The molecular formula is C14H22N2OS. The minimum atomic E-state index is -0.187. The van der Waals surface area contributed by atoms with Crippen molar-refractivity contribution in [2.75, 3.05) is 11.5 Å². The SMILES string of the molecule is CC(C)(C)Oc1ccc(CN[C@@H]2CCSC2)cn1. The third kappa shape index (κ3) is 4.50. The summed E-state index contributed by atoms with van der Waals surface area (Å²) in [5, 5.41) is 3.56. The Hall–Kier alpha value is -0.740. The van der Waals surface area contributed by atoms with Crippen LogP contribution in [-0.4, -0.2) is 28.1 Å². The third-order valence-corrected chi connectivity index (χ3v) is 3.90. The number of nitrogens with zero attached hydrogens (tertiary/aromatic N) is 1. The molecule has 1 aliphatic rings. The number of aromatic nitrogens is 1. The van der Waals surface area contributed by atoms with Crippen LogP contribution in [0.25, 0.3) is 0 Å². The second-order valence-corrected chi connectivity index (χ2v) is 6.81. The lowest BCUT2D eigenvalue weighted by Gasteiger charge is -2.20. The van der Waals surface area contributed by atoms with Gasteiger partial charge in [-0.25, -0.2) is 4.98 Å². The van der Waals surface area contributed by atoms with Gasteiger partial charge in [0.2, 0.25) is 5.88 Å². The minimum Gasteiger partial charge on any atom is -0.472 e. The highest BCUT2D eigenvalue weighted by atomic mass is 32.2. The molecular weight excluding hydrogens is 244 g/mol. The van der Waals surface area contributed by atoms with Crippen LogP contribution in [0, 0.1) is 0 Å². The van der Waals surface area contributed by atoms with Crippen LogP contribution >= 0.6 is 11.8 Å². The Morgan fingerprint density at radius 2 is 2.28 bits per heavy atom. The number of thioether (sulfide) groups is 1. The van der Waals surface area contributed by atoms with E-state index in [2.05, 4.69) is 16.4 Å². The fourth-order valence-electron chi connectivity index (χ4n) is 1.85. The smallest absolute Gasteiger partial charge is 0.213 e. The zero-order chi connectivity index (χ0) is 13.0. The second kappa shape index (κ2) is 5.93. The molecule has 0 aromatic carbocycles. The van der Waals surface area contributed by atoms with E-state index in [1.807, 2.05) is 44.8 Å². The van der Waals surface area contributed by atoms with E-state index in [1.165, 1.54) is 23.5 Å². The van der Waals surface area contributed by atoms with Gasteiger partial charge in [0.05, 0.1) is 0 Å². The van der Waals surface area contributed by atoms with Crippen LogP contribution in [0.2, 0.25) is 0 Å². The average molecular weight is 266 g/mol. The van der Waals surface area contributed by atoms with E-state index >= 15 is 0 Å². The summed E-state index contributed by atoms with van der Waals surface area (Å²) in [5.74, 6) is 3.22. The molecule has 0 amide bonds. The molecule has 1 aliphatic heterocycles. The Morgan fingerprint density at radius 3 is 2.83 bits per heavy atom. The van der Waals surface area contributed by atoms with Gasteiger partial charge in [-0.2, -0.15) is 11.8 Å². The largest absolute Gasteiger partial charge is 0.472 e. The number of pyridine rings is 1. The van der Waals surface area contributed by atoms with Crippen molar-refractivity contribution in [2.24, 2.45) is 0 Å². The fraction of sp³-hybridized carbons (Fsp3) is 0.643. The van der Waals surface area contributed by atoms with E-state index in [9.17, 15) is 0 Å². The Labute approximate surface area is 114 Å². The highest BCUT2D eigenvalue weighted by Gasteiger charge is 2.15. The molecule has 0 aliphatic carbocycles. The number of hydrogen-bond donors (Lipinski definition) is 1. The molecule has 4 heteroatoms. The van der Waals surface area contributed by atoms with Crippen molar-refractivity contribution >= 4 is 11.8 Å². The van der Waals surface area contributed by atoms with Gasteiger partial charge in [-0.3, -0.25) is 0 Å². The molecule has 1 aromatic rings. The molecule has 0 spiro atoms. The molecule has 2 heterocycles. The number of ether oxygens (including phenoxy) is 1. The van der Waals surface area contributed by atoms with Crippen LogP contribution < -0.4 is 10.1 Å². The summed E-state index contributed by atoms with van der Waals surface area (Å²) in [4.78, 5) is 4.34. The van der Waals surface area contributed by atoms with Gasteiger partial charge >= 0.3 is 0 Å². The maximum atomic E-state index is 5.70. The van der Waals surface area contributed by atoms with Crippen molar-refractivity contribution < 1.29 is 4.74 Å². The van der Waals surface area contributed by atoms with E-state index in [4.69, 9.17) is 4.74 Å². The molecule has 1 aromatic heterocycles. The highest BCUT2D eigenvalue weighted by molar-refractivity contribution is 7.99. The van der Waals surface area contributed by atoms with E-state index in [0.29, 0.717) is 11.9 Å². The first-order valence-electron chi connectivity index (χ1n) is 6.48. The lowest BCUT2D eigenvalue weighted by Crippen LogP contribution is -2.28. The quantitative estimate of drug-likeness (QED) is 0.908. The third-order valence-electron chi connectivity index (χ3n) is 2.73. The summed E-state index contributed by atoms with van der Waals surface area (Å²) in [5.41, 5.74) is 1.03. The van der Waals surface area contributed by atoms with Gasteiger partial charge in [0, 0.05) is 30.6 Å². The molecule has 2 rings (SSSR count). The molecule has 100 valence electrons. The summed E-state index contributed by atoms with van der Waals surface area (Å²) < 4.78 is 5.70. The summed E-state index contributed by atoms with van der Waals surface area (Å²) in [6, 6.07) is 4.70. The van der Waals surface area contributed by atoms with E-state index in [1.54, 1.807) is 0 Å². The van der Waals surface area contributed by atoms with Gasteiger partial charge in [-0.1, -0.05) is 6.07 Å². The van der Waals surface area contributed by atoms with E-state index in [-0.39, 0.29) is 5.60 Å². The Kier molecular flexibility index (Phi) is 4.51. The Balaban J connectivity index is 1.83. The predicted molar refractivity (Wildman–Crippen MR) is 77.2 cm³/mol. The minimum absolute atomic E-state index is 0.187. The lowest BCUT2D eigenvalue weighted by molar-refractivity contribution is 0.124. The molecule has 0 saturated carbocycles. The maximum Gasteiger partial charge on any atom is 0.213 e. The molecule has 0 bridgehead atoms.